The van der Waals surface area contributed by atoms with Gasteiger partial charge in [0.1, 0.15) is 12.1 Å². The van der Waals surface area contributed by atoms with Gasteiger partial charge in [-0.1, -0.05) is 55.8 Å². The molecule has 1 aliphatic rings. The zero-order chi connectivity index (χ0) is 18.3. The summed E-state index contributed by atoms with van der Waals surface area (Å²) in [4.78, 5) is 4.29. The molecule has 2 heterocycles. The van der Waals surface area contributed by atoms with E-state index in [-0.39, 0.29) is 17.9 Å². The third-order valence-electron chi connectivity index (χ3n) is 4.97. The van der Waals surface area contributed by atoms with Crippen LogP contribution in [0.3, 0.4) is 0 Å². The Hall–Kier alpha value is -2.40. The van der Waals surface area contributed by atoms with E-state index in [4.69, 9.17) is 11.6 Å². The average molecular weight is 371 g/mol. The second-order valence-corrected chi connectivity index (χ2v) is 7.34. The molecule has 2 aromatic carbocycles. The number of nitrogens with zero attached hydrogens (tertiary/aromatic N) is 3. The summed E-state index contributed by atoms with van der Waals surface area (Å²) in [6.07, 6.45) is 2.12. The topological polar surface area (TPSA) is 42.7 Å². The van der Waals surface area contributed by atoms with Crippen LogP contribution in [0.2, 0.25) is 5.02 Å². The Balaban J connectivity index is 1.73. The molecular weight excluding hydrogens is 351 g/mol. The highest BCUT2D eigenvalue weighted by atomic mass is 35.5. The van der Waals surface area contributed by atoms with E-state index >= 15 is 0 Å². The van der Waals surface area contributed by atoms with E-state index in [0.29, 0.717) is 28.9 Å². The first-order chi connectivity index (χ1) is 12.5. The normalized spacial score (nSPS) is 19.3. The molecule has 0 amide bonds. The lowest BCUT2D eigenvalue weighted by Gasteiger charge is -2.32. The average Bonchev–Trinajstić information content (AvgIpc) is 3.10. The molecule has 1 aliphatic heterocycles. The van der Waals surface area contributed by atoms with Crippen molar-refractivity contribution in [1.82, 2.24) is 14.8 Å². The summed E-state index contributed by atoms with van der Waals surface area (Å²) < 4.78 is 16.3. The van der Waals surface area contributed by atoms with Crippen molar-refractivity contribution in [2.24, 2.45) is 0 Å². The van der Waals surface area contributed by atoms with E-state index in [9.17, 15) is 4.39 Å². The van der Waals surface area contributed by atoms with Crippen molar-refractivity contribution in [3.8, 4) is 0 Å². The third kappa shape index (κ3) is 2.97. The quantitative estimate of drug-likeness (QED) is 0.676. The van der Waals surface area contributed by atoms with Crippen LogP contribution in [0.4, 0.5) is 10.3 Å². The van der Waals surface area contributed by atoms with Crippen LogP contribution in [0.1, 0.15) is 55.0 Å². The molecule has 2 atom stereocenters. The molecule has 0 bridgehead atoms. The molecule has 0 unspecified atom stereocenters. The molecule has 0 fully saturated rings. The van der Waals surface area contributed by atoms with Crippen molar-refractivity contribution >= 4 is 17.5 Å². The van der Waals surface area contributed by atoms with Crippen LogP contribution in [-0.4, -0.2) is 14.8 Å². The summed E-state index contributed by atoms with van der Waals surface area (Å²) in [5, 5.41) is 8.09. The van der Waals surface area contributed by atoms with Crippen LogP contribution >= 0.6 is 11.6 Å². The lowest BCUT2D eigenvalue weighted by atomic mass is 9.91. The molecule has 3 aromatic rings. The predicted molar refractivity (Wildman–Crippen MR) is 101 cm³/mol. The van der Waals surface area contributed by atoms with Gasteiger partial charge >= 0.3 is 0 Å². The van der Waals surface area contributed by atoms with Gasteiger partial charge in [-0.25, -0.2) is 9.07 Å². The second-order valence-electron chi connectivity index (χ2n) is 6.93. The van der Waals surface area contributed by atoms with E-state index in [2.05, 4.69) is 53.5 Å². The number of nitrogens with one attached hydrogen (secondary N) is 1. The van der Waals surface area contributed by atoms with Crippen LogP contribution in [0.15, 0.2) is 48.8 Å². The fourth-order valence-corrected chi connectivity index (χ4v) is 3.81. The third-order valence-corrected chi connectivity index (χ3v) is 5.30. The number of rotatable bonds is 3. The van der Waals surface area contributed by atoms with Gasteiger partial charge in [0.05, 0.1) is 12.1 Å². The van der Waals surface area contributed by atoms with Crippen LogP contribution in [0.25, 0.3) is 0 Å². The van der Waals surface area contributed by atoms with Crippen LogP contribution in [0, 0.1) is 5.82 Å². The smallest absolute Gasteiger partial charge is 0.222 e. The maximum absolute atomic E-state index is 14.5. The van der Waals surface area contributed by atoms with Gasteiger partial charge in [-0.05, 0) is 35.6 Å². The lowest BCUT2D eigenvalue weighted by molar-refractivity contribution is 0.416. The highest BCUT2D eigenvalue weighted by Crippen LogP contribution is 2.40. The number of aromatic nitrogens is 3. The number of hydrogen-bond acceptors (Lipinski definition) is 3. The highest BCUT2D eigenvalue weighted by Gasteiger charge is 2.32. The summed E-state index contributed by atoms with van der Waals surface area (Å²) in [6.45, 7) is 4.35. The Kier molecular flexibility index (Phi) is 4.41. The highest BCUT2D eigenvalue weighted by molar-refractivity contribution is 6.31. The summed E-state index contributed by atoms with van der Waals surface area (Å²) in [6, 6.07) is 13.0. The van der Waals surface area contributed by atoms with Crippen molar-refractivity contribution in [1.29, 1.82) is 0 Å². The van der Waals surface area contributed by atoms with Gasteiger partial charge in [-0.2, -0.15) is 10.1 Å². The zero-order valence-electron chi connectivity index (χ0n) is 14.7. The first-order valence-electron chi connectivity index (χ1n) is 8.74. The fraction of sp³-hybridized carbons (Fsp3) is 0.300. The molecule has 26 heavy (non-hydrogen) atoms. The van der Waals surface area contributed by atoms with Crippen LogP contribution < -0.4 is 5.32 Å². The Morgan fingerprint density at radius 1 is 1.19 bits per heavy atom. The first kappa shape index (κ1) is 17.0. The van der Waals surface area contributed by atoms with Gasteiger partial charge in [0, 0.05) is 10.6 Å². The van der Waals surface area contributed by atoms with Crippen LogP contribution in [0.5, 0.6) is 0 Å². The number of halogens is 2. The van der Waals surface area contributed by atoms with Gasteiger partial charge in [-0.15, -0.1) is 0 Å². The van der Waals surface area contributed by atoms with E-state index in [1.807, 2.05) is 0 Å². The van der Waals surface area contributed by atoms with Crippen molar-refractivity contribution < 1.29 is 4.39 Å². The van der Waals surface area contributed by atoms with Gasteiger partial charge in [0.15, 0.2) is 0 Å². The van der Waals surface area contributed by atoms with E-state index < -0.39 is 0 Å². The summed E-state index contributed by atoms with van der Waals surface area (Å²) in [7, 11) is 0. The van der Waals surface area contributed by atoms with Crippen molar-refractivity contribution in [2.45, 2.75) is 38.3 Å². The van der Waals surface area contributed by atoms with Crippen LogP contribution in [-0.2, 0) is 0 Å². The monoisotopic (exact) mass is 370 g/mol. The molecule has 134 valence electrons. The van der Waals surface area contributed by atoms with E-state index in [1.165, 1.54) is 18.0 Å². The Labute approximate surface area is 157 Å². The minimum atomic E-state index is -0.320. The van der Waals surface area contributed by atoms with Gasteiger partial charge < -0.3 is 5.32 Å². The molecular formula is C20H20ClFN4. The van der Waals surface area contributed by atoms with Crippen molar-refractivity contribution in [2.75, 3.05) is 5.32 Å². The Bertz CT molecular complexity index is 900. The number of anilines is 1. The molecule has 6 heteroatoms. The van der Waals surface area contributed by atoms with Crippen molar-refractivity contribution in [3.63, 3.8) is 0 Å². The molecule has 0 saturated carbocycles. The zero-order valence-corrected chi connectivity index (χ0v) is 15.4. The summed E-state index contributed by atoms with van der Waals surface area (Å²) in [5.74, 6) is 0.787. The molecule has 4 nitrogen and oxygen atoms in total. The molecule has 4 rings (SSSR count). The Morgan fingerprint density at radius 2 is 1.96 bits per heavy atom. The number of hydrogen-bond donors (Lipinski definition) is 1. The van der Waals surface area contributed by atoms with Gasteiger partial charge in [-0.3, -0.25) is 0 Å². The number of fused-ring (bicyclic) bond motifs is 1. The first-order valence-corrected chi connectivity index (χ1v) is 9.12. The number of benzene rings is 2. The molecule has 0 aliphatic carbocycles. The van der Waals surface area contributed by atoms with Gasteiger partial charge in [0.25, 0.3) is 0 Å². The largest absolute Gasteiger partial charge is 0.348 e. The minimum Gasteiger partial charge on any atom is -0.348 e. The molecule has 1 N–H and O–H groups in total. The Morgan fingerprint density at radius 3 is 2.65 bits per heavy atom. The lowest BCUT2D eigenvalue weighted by Crippen LogP contribution is -2.28. The van der Waals surface area contributed by atoms with E-state index in [1.54, 1.807) is 16.8 Å². The second kappa shape index (κ2) is 6.72. The predicted octanol–water partition coefficient (Wildman–Crippen LogP) is 5.34. The summed E-state index contributed by atoms with van der Waals surface area (Å²) >= 11 is 6.32. The minimum absolute atomic E-state index is 0.00795. The van der Waals surface area contributed by atoms with Gasteiger partial charge in [0.2, 0.25) is 5.95 Å². The molecule has 1 aromatic heterocycles. The standard InChI is InChI=1S/C20H20ClFN4/c1-12(2)13-6-8-14(9-7-13)17-10-18(26-20(25-17)23-11-24-26)19-15(21)4-3-5-16(19)22/h3-9,11-12,17-18H,10H2,1-2H3,(H,23,24,25)/t17-,18-/m1/s1. The molecule has 0 spiro atoms. The SMILES string of the molecule is CC(C)c1ccc([C@H]2C[C@H](c3c(F)cccc3Cl)n3ncnc3N2)cc1. The molecule has 0 saturated heterocycles. The fourth-order valence-electron chi connectivity index (χ4n) is 3.52. The maximum Gasteiger partial charge on any atom is 0.222 e. The van der Waals surface area contributed by atoms with Crippen molar-refractivity contribution in [3.05, 3.63) is 76.3 Å². The summed E-state index contributed by atoms with van der Waals surface area (Å²) in [5.41, 5.74) is 2.90. The van der Waals surface area contributed by atoms with E-state index in [0.717, 1.165) is 5.56 Å². The molecule has 0 radical (unpaired) electrons. The maximum atomic E-state index is 14.5.